The number of aromatic nitrogens is 2. The van der Waals surface area contributed by atoms with E-state index in [0.29, 0.717) is 5.95 Å². The zero-order valence-electron chi connectivity index (χ0n) is 19.2. The number of rotatable bonds is 9. The third-order valence-corrected chi connectivity index (χ3v) is 6.21. The van der Waals surface area contributed by atoms with E-state index in [1.165, 1.54) is 16.0 Å². The Morgan fingerprint density at radius 1 is 1.03 bits per heavy atom. The van der Waals surface area contributed by atoms with Crippen LogP contribution < -0.4 is 10.6 Å². The summed E-state index contributed by atoms with van der Waals surface area (Å²) in [6.07, 6.45) is 1.09. The largest absolute Gasteiger partial charge is 0.369 e. The number of fused-ring (bicyclic) bond motifs is 1. The molecule has 0 aliphatic carbocycles. The molecule has 0 atom stereocenters. The number of nitrogens with zero attached hydrogens (tertiary/aromatic N) is 3. The van der Waals surface area contributed by atoms with Crippen LogP contribution in [0.5, 0.6) is 0 Å². The van der Waals surface area contributed by atoms with Crippen molar-refractivity contribution in [2.75, 3.05) is 36.8 Å². The van der Waals surface area contributed by atoms with Crippen molar-refractivity contribution in [2.24, 2.45) is 0 Å². The van der Waals surface area contributed by atoms with Crippen molar-refractivity contribution in [3.8, 4) is 10.4 Å². The molecule has 0 fully saturated rings. The van der Waals surface area contributed by atoms with Crippen molar-refractivity contribution in [1.29, 1.82) is 0 Å². The average molecular weight is 426 g/mol. The smallest absolute Gasteiger partial charge is 0.225 e. The molecule has 0 spiro atoms. The van der Waals surface area contributed by atoms with Crippen LogP contribution in [0.3, 0.4) is 0 Å². The first kappa shape index (κ1) is 22.5. The van der Waals surface area contributed by atoms with Crippen molar-refractivity contribution < 1.29 is 0 Å². The fraction of sp³-hybridized carbons (Fsp3) is 0.500. The first-order valence-corrected chi connectivity index (χ1v) is 11.7. The summed E-state index contributed by atoms with van der Waals surface area (Å²) in [5.74, 6) is 1.60. The highest BCUT2D eigenvalue weighted by atomic mass is 32.1. The molecule has 30 heavy (non-hydrogen) atoms. The number of nitrogens with one attached hydrogen (secondary N) is 2. The molecule has 3 aromatic rings. The SMILES string of the molecule is CCN(CC)CCCNc1nc(NC(C)(C)C)nc2cc(-c3ccc(C)cc3)sc12. The van der Waals surface area contributed by atoms with E-state index >= 15 is 0 Å². The van der Waals surface area contributed by atoms with E-state index in [1.807, 2.05) is 0 Å². The highest BCUT2D eigenvalue weighted by molar-refractivity contribution is 7.22. The summed E-state index contributed by atoms with van der Waals surface area (Å²) < 4.78 is 1.12. The number of hydrogen-bond acceptors (Lipinski definition) is 6. The molecule has 2 N–H and O–H groups in total. The Bertz CT molecular complexity index is 952. The molecule has 5 nitrogen and oxygen atoms in total. The number of anilines is 2. The molecule has 0 bridgehead atoms. The normalized spacial score (nSPS) is 12.0. The third-order valence-electron chi connectivity index (χ3n) is 5.03. The van der Waals surface area contributed by atoms with Gasteiger partial charge in [0.25, 0.3) is 0 Å². The van der Waals surface area contributed by atoms with E-state index in [-0.39, 0.29) is 5.54 Å². The summed E-state index contributed by atoms with van der Waals surface area (Å²) in [7, 11) is 0. The second-order valence-electron chi connectivity index (χ2n) is 8.77. The summed E-state index contributed by atoms with van der Waals surface area (Å²) in [6, 6.07) is 10.9. The lowest BCUT2D eigenvalue weighted by Crippen LogP contribution is -2.27. The van der Waals surface area contributed by atoms with Gasteiger partial charge < -0.3 is 15.5 Å². The quantitative estimate of drug-likeness (QED) is 0.411. The van der Waals surface area contributed by atoms with Crippen LogP contribution in [-0.2, 0) is 0 Å². The van der Waals surface area contributed by atoms with E-state index in [9.17, 15) is 0 Å². The van der Waals surface area contributed by atoms with Gasteiger partial charge >= 0.3 is 0 Å². The van der Waals surface area contributed by atoms with Gasteiger partial charge in [-0.25, -0.2) is 4.98 Å². The maximum atomic E-state index is 4.83. The van der Waals surface area contributed by atoms with Crippen LogP contribution >= 0.6 is 11.3 Å². The Kier molecular flexibility index (Phi) is 7.32. The summed E-state index contributed by atoms with van der Waals surface area (Å²) in [5.41, 5.74) is 3.39. The van der Waals surface area contributed by atoms with Gasteiger partial charge in [-0.1, -0.05) is 43.7 Å². The van der Waals surface area contributed by atoms with Crippen molar-refractivity contribution in [3.63, 3.8) is 0 Å². The van der Waals surface area contributed by atoms with E-state index in [1.54, 1.807) is 11.3 Å². The Hall–Kier alpha value is -2.18. The van der Waals surface area contributed by atoms with E-state index in [0.717, 1.165) is 48.6 Å². The first-order valence-electron chi connectivity index (χ1n) is 10.9. The van der Waals surface area contributed by atoms with Gasteiger partial charge in [0.2, 0.25) is 5.95 Å². The molecule has 0 radical (unpaired) electrons. The molecule has 3 rings (SSSR count). The predicted molar refractivity (Wildman–Crippen MR) is 132 cm³/mol. The van der Waals surface area contributed by atoms with Gasteiger partial charge in [0.15, 0.2) is 0 Å². The van der Waals surface area contributed by atoms with Crippen molar-refractivity contribution in [2.45, 2.75) is 53.5 Å². The molecular formula is C24H35N5S. The van der Waals surface area contributed by atoms with Gasteiger partial charge in [0.1, 0.15) is 5.82 Å². The molecule has 0 amide bonds. The van der Waals surface area contributed by atoms with Crippen molar-refractivity contribution >= 4 is 33.3 Å². The second kappa shape index (κ2) is 9.75. The molecule has 6 heteroatoms. The minimum Gasteiger partial charge on any atom is -0.369 e. The highest BCUT2D eigenvalue weighted by Crippen LogP contribution is 2.37. The first-order chi connectivity index (χ1) is 14.3. The highest BCUT2D eigenvalue weighted by Gasteiger charge is 2.16. The molecule has 0 aliphatic heterocycles. The zero-order chi connectivity index (χ0) is 21.7. The maximum absolute atomic E-state index is 4.83. The molecule has 162 valence electrons. The van der Waals surface area contributed by atoms with Crippen LogP contribution in [0.4, 0.5) is 11.8 Å². The summed E-state index contributed by atoms with van der Waals surface area (Å²) >= 11 is 1.76. The van der Waals surface area contributed by atoms with Crippen molar-refractivity contribution in [1.82, 2.24) is 14.9 Å². The van der Waals surface area contributed by atoms with Gasteiger partial charge in [-0.05, 0) is 65.4 Å². The van der Waals surface area contributed by atoms with Crippen LogP contribution in [0.1, 0.15) is 46.6 Å². The van der Waals surface area contributed by atoms with Crippen LogP contribution in [0, 0.1) is 6.92 Å². The fourth-order valence-corrected chi connectivity index (χ4v) is 4.42. The van der Waals surface area contributed by atoms with Crippen LogP contribution in [-0.4, -0.2) is 46.6 Å². The van der Waals surface area contributed by atoms with Gasteiger partial charge in [0.05, 0.1) is 10.2 Å². The van der Waals surface area contributed by atoms with Gasteiger partial charge in [-0.2, -0.15) is 4.98 Å². The lowest BCUT2D eigenvalue weighted by molar-refractivity contribution is 0.303. The molecule has 2 heterocycles. The summed E-state index contributed by atoms with van der Waals surface area (Å²) in [5, 5.41) is 7.02. The Morgan fingerprint density at radius 3 is 2.37 bits per heavy atom. The van der Waals surface area contributed by atoms with Gasteiger partial charge in [-0.15, -0.1) is 11.3 Å². The Morgan fingerprint density at radius 2 is 1.73 bits per heavy atom. The molecule has 0 saturated heterocycles. The summed E-state index contributed by atoms with van der Waals surface area (Å²) in [6.45, 7) is 17.1. The van der Waals surface area contributed by atoms with Crippen LogP contribution in [0.25, 0.3) is 20.7 Å². The second-order valence-corrected chi connectivity index (χ2v) is 9.82. The van der Waals surface area contributed by atoms with E-state index in [4.69, 9.17) is 9.97 Å². The van der Waals surface area contributed by atoms with Crippen molar-refractivity contribution in [3.05, 3.63) is 35.9 Å². The maximum Gasteiger partial charge on any atom is 0.225 e. The number of aryl methyl sites for hydroxylation is 1. The number of thiophene rings is 1. The standard InChI is InChI=1S/C24H35N5S/c1-7-29(8-2)15-9-14-25-22-21-19(26-23(27-22)28-24(4,5)6)16-20(30-21)18-12-10-17(3)11-13-18/h10-13,16H,7-9,14-15H2,1-6H3,(H2,25,26,27,28). The zero-order valence-corrected chi connectivity index (χ0v) is 20.0. The fourth-order valence-electron chi connectivity index (χ4n) is 3.35. The minimum atomic E-state index is -0.0937. The van der Waals surface area contributed by atoms with E-state index < -0.39 is 0 Å². The monoisotopic (exact) mass is 425 g/mol. The van der Waals surface area contributed by atoms with Gasteiger partial charge in [-0.3, -0.25) is 0 Å². The average Bonchev–Trinajstić information content (AvgIpc) is 3.11. The van der Waals surface area contributed by atoms with Crippen LogP contribution in [0.15, 0.2) is 30.3 Å². The molecule has 0 aliphatic rings. The molecule has 0 saturated carbocycles. The molecule has 2 aromatic heterocycles. The van der Waals surface area contributed by atoms with Gasteiger partial charge in [0, 0.05) is 17.0 Å². The topological polar surface area (TPSA) is 53.1 Å². The van der Waals surface area contributed by atoms with E-state index in [2.05, 4.69) is 87.4 Å². The minimum absolute atomic E-state index is 0.0937. The Balaban J connectivity index is 1.88. The lowest BCUT2D eigenvalue weighted by atomic mass is 10.1. The number of benzene rings is 1. The molecule has 1 aromatic carbocycles. The lowest BCUT2D eigenvalue weighted by Gasteiger charge is -2.21. The van der Waals surface area contributed by atoms with Crippen LogP contribution in [0.2, 0.25) is 0 Å². The number of hydrogen-bond donors (Lipinski definition) is 2. The molecule has 0 unspecified atom stereocenters. The Labute approximate surface area is 184 Å². The summed E-state index contributed by atoms with van der Waals surface area (Å²) in [4.78, 5) is 13.3. The molecular weight excluding hydrogens is 390 g/mol. The third kappa shape index (κ3) is 5.92. The predicted octanol–water partition coefficient (Wildman–Crippen LogP) is 6.02.